The van der Waals surface area contributed by atoms with Crippen LogP contribution in [0.2, 0.25) is 0 Å². The third-order valence-electron chi connectivity index (χ3n) is 15.1. The van der Waals surface area contributed by atoms with Crippen LogP contribution in [0.4, 0.5) is 11.4 Å². The number of carbonyl (C=O) groups excluding carboxylic acids is 3. The van der Waals surface area contributed by atoms with E-state index in [1.807, 2.05) is 18.2 Å². The fourth-order valence-corrected chi connectivity index (χ4v) is 12.8. The lowest BCUT2D eigenvalue weighted by atomic mass is 9.73. The van der Waals surface area contributed by atoms with Gasteiger partial charge >= 0.3 is 0 Å². The maximum atomic E-state index is 14.9. The van der Waals surface area contributed by atoms with Gasteiger partial charge < -0.3 is 20.2 Å². The van der Waals surface area contributed by atoms with Crippen LogP contribution in [0.3, 0.4) is 0 Å². The van der Waals surface area contributed by atoms with Crippen molar-refractivity contribution < 1.29 is 36.3 Å². The highest BCUT2D eigenvalue weighted by atomic mass is 32.2. The number of amides is 2. The van der Waals surface area contributed by atoms with Gasteiger partial charge in [0.05, 0.1) is 34.1 Å². The van der Waals surface area contributed by atoms with Gasteiger partial charge in [0.1, 0.15) is 5.76 Å². The van der Waals surface area contributed by atoms with Crippen LogP contribution in [-0.2, 0) is 39.8 Å². The van der Waals surface area contributed by atoms with E-state index in [-0.39, 0.29) is 95.2 Å². The summed E-state index contributed by atoms with van der Waals surface area (Å²) in [4.78, 5) is 51.3. The van der Waals surface area contributed by atoms with Gasteiger partial charge in [0, 0.05) is 83.4 Å². The van der Waals surface area contributed by atoms with Gasteiger partial charge in [0.15, 0.2) is 0 Å². The van der Waals surface area contributed by atoms with Crippen LogP contribution in [0.1, 0.15) is 184 Å². The lowest BCUT2D eigenvalue weighted by Crippen LogP contribution is -2.42. The summed E-state index contributed by atoms with van der Waals surface area (Å²) in [5.41, 5.74) is 3.93. The van der Waals surface area contributed by atoms with Crippen LogP contribution in [0.15, 0.2) is 57.5 Å². The number of carbonyl (C=O) groups is 3. The number of aliphatic hydroxyl groups is 1. The largest absolute Gasteiger partial charge is 0.506 e. The van der Waals surface area contributed by atoms with Gasteiger partial charge in [-0.05, 0) is 89.8 Å². The Bertz CT molecular complexity index is 2520. The number of anilines is 2. The number of fused-ring (bicyclic) bond motifs is 2. The Morgan fingerprint density at radius 2 is 1.23 bits per heavy atom. The highest BCUT2D eigenvalue weighted by molar-refractivity contribution is 7.89. The highest BCUT2D eigenvalue weighted by Gasteiger charge is 2.49. The number of aliphatic imine (C=N–C) groups is 1. The molecule has 70 heavy (non-hydrogen) atoms. The molecule has 14 nitrogen and oxygen atoms in total. The number of Topliss-reactive ketones (excluding diaryl/α,β-unsaturated/α-hetero) is 1. The third kappa shape index (κ3) is 12.9. The first-order valence-electron chi connectivity index (χ1n) is 26.1. The predicted octanol–water partition coefficient (Wildman–Crippen LogP) is 9.94. The van der Waals surface area contributed by atoms with Crippen molar-refractivity contribution >= 4 is 60.3 Å². The van der Waals surface area contributed by atoms with Crippen LogP contribution < -0.4 is 19.7 Å². The molecular weight excluding hydrogens is 925 g/mol. The minimum Gasteiger partial charge on any atom is -0.506 e. The lowest BCUT2D eigenvalue weighted by Gasteiger charge is -2.34. The number of allylic oxidation sites excluding steroid dienone is 6. The number of hydrogen-bond donors (Lipinski definition) is 4. The van der Waals surface area contributed by atoms with E-state index < -0.39 is 43.1 Å². The molecule has 1 aromatic rings. The first-order valence-corrected chi connectivity index (χ1v) is 29.4. The normalized spacial score (nSPS) is 21.4. The Hall–Kier alpha value is -4.12. The number of likely N-dealkylation sites (tertiary alicyclic amines) is 1. The fourth-order valence-electron chi connectivity index (χ4n) is 10.5. The monoisotopic (exact) mass is 1010 g/mol. The Balaban J connectivity index is 1.50. The van der Waals surface area contributed by atoms with E-state index >= 15 is 0 Å². The standard InChI is InChI=1S/C54H84N6O8S2/c1-13-15-17-19-21-23-29-69(65,66)55-27-25-47(61)57-43-33-45-41(53(9,10)37(7)59(45)35(3)4)31-39(43)49-51(63)50(52(49)64)40-32-42-46(60(36(5)6)38(8)54(42,11)12)34-44(40)58-48(62)26-28-56-70(67,68)30-24-22-20-18-16-14-2/h31-38,55-56,63H,13-30H2,1-12H3,(H,57,61). The Morgan fingerprint density at radius 1 is 0.714 bits per heavy atom. The van der Waals surface area contributed by atoms with Crippen molar-refractivity contribution in [3.8, 4) is 0 Å². The molecule has 0 radical (unpaired) electrons. The average molecular weight is 1010 g/mol. The molecule has 2 unspecified atom stereocenters. The molecule has 0 aromatic heterocycles. The van der Waals surface area contributed by atoms with Gasteiger partial charge in [-0.15, -0.1) is 0 Å². The van der Waals surface area contributed by atoms with E-state index in [1.165, 1.54) is 0 Å². The first-order chi connectivity index (χ1) is 32.8. The Kier molecular flexibility index (Phi) is 19.2. The molecule has 2 heterocycles. The number of unbranched alkanes of at least 4 members (excludes halogenated alkanes) is 10. The molecule has 2 aliphatic carbocycles. The minimum atomic E-state index is -3.60. The summed E-state index contributed by atoms with van der Waals surface area (Å²) in [5.74, 6) is -1.87. The average Bonchev–Trinajstić information content (AvgIpc) is 3.58. The van der Waals surface area contributed by atoms with E-state index in [2.05, 4.69) is 113 Å². The summed E-state index contributed by atoms with van der Waals surface area (Å²) >= 11 is 0. The number of aliphatic hydroxyl groups excluding tert-OH is 1. The maximum Gasteiger partial charge on any atom is 0.247 e. The van der Waals surface area contributed by atoms with Crippen LogP contribution in [-0.4, -0.2) is 98.9 Å². The molecule has 2 aliphatic heterocycles. The fraction of sp³-hybridized carbons (Fsp3) is 0.667. The number of rotatable bonds is 26. The van der Waals surface area contributed by atoms with Gasteiger partial charge in [-0.25, -0.2) is 31.3 Å². The summed E-state index contributed by atoms with van der Waals surface area (Å²) < 4.78 is 56.3. The Morgan fingerprint density at radius 3 is 1.76 bits per heavy atom. The van der Waals surface area contributed by atoms with Gasteiger partial charge in [0.25, 0.3) is 0 Å². The molecule has 16 heteroatoms. The Labute approximate surface area is 420 Å². The maximum absolute atomic E-state index is 14.9. The minimum absolute atomic E-state index is 0.00756. The molecule has 1 fully saturated rings. The summed E-state index contributed by atoms with van der Waals surface area (Å²) in [6, 6.07) is 3.99. The quantitative estimate of drug-likeness (QED) is 0.0513. The van der Waals surface area contributed by atoms with Crippen LogP contribution in [0.25, 0.3) is 5.57 Å². The van der Waals surface area contributed by atoms with Crippen LogP contribution in [0, 0.1) is 5.41 Å². The highest BCUT2D eigenvalue weighted by Crippen LogP contribution is 2.53. The summed E-state index contributed by atoms with van der Waals surface area (Å²) in [5, 5.41) is 15.2. The van der Waals surface area contributed by atoms with Crippen molar-refractivity contribution in [2.24, 2.45) is 10.4 Å². The van der Waals surface area contributed by atoms with Gasteiger partial charge in [0.2, 0.25) is 37.6 Å². The molecule has 5 rings (SSSR count). The molecule has 4 N–H and O–H groups in total. The molecule has 0 spiro atoms. The number of sulfonamides is 2. The smallest absolute Gasteiger partial charge is 0.247 e. The summed E-state index contributed by atoms with van der Waals surface area (Å²) in [6.45, 7) is 25.2. The SMILES string of the molecule is CCCCCCCCS(=O)(=O)NCCC(=O)N=C1C=C2C(=CC1=C1C(=O)C(c3cc4c(cc3NC(=O)CCNS(=O)(=O)CCCCCCCC)N(C(C)C)C(C)C4(C)C)=C1O)C(C)(C)C(C)N2C(C)C. The van der Waals surface area contributed by atoms with E-state index in [0.29, 0.717) is 24.1 Å². The van der Waals surface area contributed by atoms with Crippen molar-refractivity contribution in [2.45, 2.75) is 203 Å². The van der Waals surface area contributed by atoms with Gasteiger partial charge in [-0.2, -0.15) is 0 Å². The van der Waals surface area contributed by atoms with Crippen molar-refractivity contribution in [2.75, 3.05) is 34.8 Å². The molecule has 2 atom stereocenters. The zero-order valence-electron chi connectivity index (χ0n) is 44.3. The molecule has 1 saturated heterocycles. The zero-order valence-corrected chi connectivity index (χ0v) is 45.9. The third-order valence-corrected chi connectivity index (χ3v) is 18.0. The van der Waals surface area contributed by atoms with E-state index in [0.717, 1.165) is 86.7 Å². The number of nitrogens with one attached hydrogen (secondary N) is 3. The number of nitrogens with zero attached hydrogens (tertiary/aromatic N) is 3. The second-order valence-electron chi connectivity index (χ2n) is 21.5. The number of benzene rings is 1. The van der Waals surface area contributed by atoms with Crippen molar-refractivity contribution in [1.29, 1.82) is 0 Å². The molecule has 0 saturated carbocycles. The molecule has 1 aromatic carbocycles. The molecular formula is C54H84N6O8S2. The van der Waals surface area contributed by atoms with E-state index in [1.54, 1.807) is 6.08 Å². The van der Waals surface area contributed by atoms with E-state index in [9.17, 15) is 36.3 Å². The van der Waals surface area contributed by atoms with Crippen molar-refractivity contribution in [3.63, 3.8) is 0 Å². The van der Waals surface area contributed by atoms with Gasteiger partial charge in [-0.3, -0.25) is 14.4 Å². The lowest BCUT2D eigenvalue weighted by molar-refractivity contribution is -0.118. The predicted molar refractivity (Wildman–Crippen MR) is 285 cm³/mol. The summed E-state index contributed by atoms with van der Waals surface area (Å²) in [7, 11) is -7.18. The molecule has 390 valence electrons. The summed E-state index contributed by atoms with van der Waals surface area (Å²) in [6.07, 6.45) is 14.6. The molecule has 2 amide bonds. The second kappa shape index (κ2) is 23.6. The van der Waals surface area contributed by atoms with Crippen LogP contribution >= 0.6 is 0 Å². The van der Waals surface area contributed by atoms with Crippen molar-refractivity contribution in [3.05, 3.63) is 63.6 Å². The zero-order chi connectivity index (χ0) is 51.9. The second-order valence-corrected chi connectivity index (χ2v) is 25.4. The van der Waals surface area contributed by atoms with Gasteiger partial charge in [-0.1, -0.05) is 106 Å². The first kappa shape index (κ1) is 56.8. The van der Waals surface area contributed by atoms with E-state index in [4.69, 9.17) is 0 Å². The van der Waals surface area contributed by atoms with Crippen molar-refractivity contribution in [1.82, 2.24) is 14.3 Å². The van der Waals surface area contributed by atoms with Crippen LogP contribution in [0.5, 0.6) is 0 Å². The topological polar surface area (TPSA) is 195 Å². The number of hydrogen-bond acceptors (Lipinski definition) is 10. The molecule has 0 bridgehead atoms. The molecule has 4 aliphatic rings. The number of ketones is 1.